The predicted molar refractivity (Wildman–Crippen MR) is 88.4 cm³/mol. The number of nitrogens with one attached hydrogen (secondary N) is 1. The predicted octanol–water partition coefficient (Wildman–Crippen LogP) is 0.931. The van der Waals surface area contributed by atoms with Crippen LogP contribution in [0.25, 0.3) is 0 Å². The van der Waals surface area contributed by atoms with Gasteiger partial charge in [0.1, 0.15) is 0 Å². The number of rotatable bonds is 6. The molecule has 1 aliphatic rings. The summed E-state index contributed by atoms with van der Waals surface area (Å²) >= 11 is 0. The van der Waals surface area contributed by atoms with Crippen LogP contribution in [0, 0.1) is 0 Å². The van der Waals surface area contributed by atoms with Crippen LogP contribution in [0.4, 0.5) is 0 Å². The molecule has 1 unspecified atom stereocenters. The van der Waals surface area contributed by atoms with Gasteiger partial charge < -0.3 is 15.0 Å². The maximum atomic E-state index is 12.5. The minimum absolute atomic E-state index is 0.0502. The van der Waals surface area contributed by atoms with Crippen molar-refractivity contribution in [3.05, 3.63) is 29.8 Å². The molecule has 2 rings (SSSR count). The zero-order valence-electron chi connectivity index (χ0n) is 13.6. The summed E-state index contributed by atoms with van der Waals surface area (Å²) in [6.45, 7) is 1.58. The summed E-state index contributed by atoms with van der Waals surface area (Å²) in [4.78, 5) is 14.6. The lowest BCUT2D eigenvalue weighted by Gasteiger charge is -2.32. The Hall–Kier alpha value is -1.44. The van der Waals surface area contributed by atoms with E-state index in [1.165, 1.54) is 19.2 Å². The first-order valence-corrected chi connectivity index (χ1v) is 9.41. The van der Waals surface area contributed by atoms with Crippen LogP contribution in [-0.4, -0.2) is 64.9 Å². The van der Waals surface area contributed by atoms with E-state index in [0.29, 0.717) is 18.2 Å². The van der Waals surface area contributed by atoms with E-state index in [1.807, 2.05) is 11.9 Å². The van der Waals surface area contributed by atoms with Gasteiger partial charge >= 0.3 is 0 Å². The normalized spacial score (nSPS) is 18.9. The van der Waals surface area contributed by atoms with Gasteiger partial charge in [-0.1, -0.05) is 0 Å². The van der Waals surface area contributed by atoms with Gasteiger partial charge in [0.15, 0.2) is 9.84 Å². The maximum absolute atomic E-state index is 12.5. The van der Waals surface area contributed by atoms with Crippen LogP contribution < -0.4 is 5.32 Å². The molecule has 1 atom stereocenters. The van der Waals surface area contributed by atoms with Crippen molar-refractivity contribution in [2.45, 2.75) is 23.8 Å². The van der Waals surface area contributed by atoms with Crippen molar-refractivity contribution in [2.75, 3.05) is 39.6 Å². The third kappa shape index (κ3) is 4.53. The Labute approximate surface area is 137 Å². The Kier molecular flexibility index (Phi) is 6.15. The molecule has 128 valence electrons. The van der Waals surface area contributed by atoms with Crippen LogP contribution in [0.3, 0.4) is 0 Å². The number of nitrogens with zero attached hydrogens (tertiary/aromatic N) is 1. The molecule has 1 aromatic carbocycles. The van der Waals surface area contributed by atoms with Crippen LogP contribution in [0.15, 0.2) is 29.2 Å². The van der Waals surface area contributed by atoms with Gasteiger partial charge in [-0.15, -0.1) is 0 Å². The zero-order valence-corrected chi connectivity index (χ0v) is 14.4. The molecule has 1 aromatic rings. The van der Waals surface area contributed by atoms with E-state index in [9.17, 15) is 13.2 Å². The summed E-state index contributed by atoms with van der Waals surface area (Å²) in [5, 5.41) is 3.20. The van der Waals surface area contributed by atoms with Gasteiger partial charge in [0, 0.05) is 31.8 Å². The molecule has 1 heterocycles. The zero-order chi connectivity index (χ0) is 16.9. The van der Waals surface area contributed by atoms with Crippen molar-refractivity contribution >= 4 is 15.7 Å². The third-order valence-corrected chi connectivity index (χ3v) is 5.83. The van der Waals surface area contributed by atoms with E-state index in [0.717, 1.165) is 19.4 Å². The Morgan fingerprint density at radius 3 is 2.65 bits per heavy atom. The standard InChI is InChI=1S/C16H24N2O4S/c1-17-14-4-3-9-18(12-14)16(19)13-5-7-15(8-6-13)23(20,21)11-10-22-2/h5-8,14,17H,3-4,9-12H2,1-2H3. The smallest absolute Gasteiger partial charge is 0.253 e. The van der Waals surface area contributed by atoms with E-state index in [-0.39, 0.29) is 23.2 Å². The lowest BCUT2D eigenvalue weighted by Crippen LogP contribution is -2.46. The fourth-order valence-electron chi connectivity index (χ4n) is 2.70. The Bertz CT molecular complexity index is 628. The number of methoxy groups -OCH3 is 1. The van der Waals surface area contributed by atoms with Gasteiger partial charge in [-0.3, -0.25) is 4.79 Å². The highest BCUT2D eigenvalue weighted by atomic mass is 32.2. The van der Waals surface area contributed by atoms with Gasteiger partial charge in [0.2, 0.25) is 0 Å². The Balaban J connectivity index is 2.08. The lowest BCUT2D eigenvalue weighted by atomic mass is 10.0. The molecule has 1 aliphatic heterocycles. The second kappa shape index (κ2) is 7.90. The second-order valence-corrected chi connectivity index (χ2v) is 7.82. The van der Waals surface area contributed by atoms with Gasteiger partial charge in [-0.2, -0.15) is 0 Å². The van der Waals surface area contributed by atoms with Gasteiger partial charge in [0.25, 0.3) is 5.91 Å². The summed E-state index contributed by atoms with van der Waals surface area (Å²) in [7, 11) is 0.00531. The highest BCUT2D eigenvalue weighted by molar-refractivity contribution is 7.91. The molecule has 0 bridgehead atoms. The molecule has 23 heavy (non-hydrogen) atoms. The first-order chi connectivity index (χ1) is 11.0. The number of likely N-dealkylation sites (N-methyl/N-ethyl adjacent to an activating group) is 1. The van der Waals surface area contributed by atoms with E-state index < -0.39 is 9.84 Å². The van der Waals surface area contributed by atoms with E-state index in [1.54, 1.807) is 12.1 Å². The molecular formula is C16H24N2O4S. The highest BCUT2D eigenvalue weighted by Gasteiger charge is 2.24. The summed E-state index contributed by atoms with van der Waals surface area (Å²) in [5.74, 6) is -0.113. The number of benzene rings is 1. The number of amides is 1. The van der Waals surface area contributed by atoms with Crippen LogP contribution in [0.1, 0.15) is 23.2 Å². The van der Waals surface area contributed by atoms with Crippen LogP contribution in [0.5, 0.6) is 0 Å². The van der Waals surface area contributed by atoms with Crippen molar-refractivity contribution in [2.24, 2.45) is 0 Å². The SMILES string of the molecule is CNC1CCCN(C(=O)c2ccc(S(=O)(=O)CCOC)cc2)C1. The van der Waals surface area contributed by atoms with Crippen molar-refractivity contribution in [3.8, 4) is 0 Å². The highest BCUT2D eigenvalue weighted by Crippen LogP contribution is 2.17. The molecule has 1 N–H and O–H groups in total. The Morgan fingerprint density at radius 2 is 2.04 bits per heavy atom. The molecule has 1 fully saturated rings. The van der Waals surface area contributed by atoms with Gasteiger partial charge in [-0.05, 0) is 44.2 Å². The van der Waals surface area contributed by atoms with Crippen LogP contribution in [0.2, 0.25) is 0 Å². The van der Waals surface area contributed by atoms with Gasteiger partial charge in [0.05, 0.1) is 17.3 Å². The summed E-state index contributed by atoms with van der Waals surface area (Å²) < 4.78 is 29.0. The summed E-state index contributed by atoms with van der Waals surface area (Å²) in [6.07, 6.45) is 2.04. The monoisotopic (exact) mass is 340 g/mol. The molecular weight excluding hydrogens is 316 g/mol. The maximum Gasteiger partial charge on any atom is 0.253 e. The molecule has 1 amide bonds. The van der Waals surface area contributed by atoms with Crippen molar-refractivity contribution < 1.29 is 17.9 Å². The first kappa shape index (κ1) is 17.9. The second-order valence-electron chi connectivity index (χ2n) is 5.72. The molecule has 0 radical (unpaired) electrons. The summed E-state index contributed by atoms with van der Waals surface area (Å²) in [6, 6.07) is 6.49. The van der Waals surface area contributed by atoms with Gasteiger partial charge in [-0.25, -0.2) is 8.42 Å². The number of carbonyl (C=O) groups excluding carboxylic acids is 1. The van der Waals surface area contributed by atoms with Crippen LogP contribution >= 0.6 is 0 Å². The lowest BCUT2D eigenvalue weighted by molar-refractivity contribution is 0.0698. The van der Waals surface area contributed by atoms with Crippen molar-refractivity contribution in [1.82, 2.24) is 10.2 Å². The number of ether oxygens (including phenoxy) is 1. The molecule has 0 saturated carbocycles. The van der Waals surface area contributed by atoms with Crippen LogP contribution in [-0.2, 0) is 14.6 Å². The third-order valence-electron chi connectivity index (χ3n) is 4.13. The molecule has 7 heteroatoms. The minimum atomic E-state index is -3.36. The molecule has 0 aliphatic carbocycles. The molecule has 0 aromatic heterocycles. The molecule has 6 nitrogen and oxygen atoms in total. The van der Waals surface area contributed by atoms with E-state index in [4.69, 9.17) is 4.74 Å². The fraction of sp³-hybridized carbons (Fsp3) is 0.562. The number of hydrogen-bond donors (Lipinski definition) is 1. The first-order valence-electron chi connectivity index (χ1n) is 7.76. The van der Waals surface area contributed by atoms with Crippen molar-refractivity contribution in [3.63, 3.8) is 0 Å². The Morgan fingerprint density at radius 1 is 1.35 bits per heavy atom. The average Bonchev–Trinajstić information content (AvgIpc) is 2.59. The topological polar surface area (TPSA) is 75.7 Å². The molecule has 1 saturated heterocycles. The number of piperidine rings is 1. The number of hydrogen-bond acceptors (Lipinski definition) is 5. The average molecular weight is 340 g/mol. The van der Waals surface area contributed by atoms with E-state index >= 15 is 0 Å². The quantitative estimate of drug-likeness (QED) is 0.834. The molecule has 0 spiro atoms. The number of carbonyl (C=O) groups is 1. The largest absolute Gasteiger partial charge is 0.384 e. The number of likely N-dealkylation sites (tertiary alicyclic amines) is 1. The van der Waals surface area contributed by atoms with E-state index in [2.05, 4.69) is 5.32 Å². The minimum Gasteiger partial charge on any atom is -0.384 e. The number of sulfone groups is 1. The van der Waals surface area contributed by atoms with Crippen molar-refractivity contribution in [1.29, 1.82) is 0 Å². The fourth-order valence-corrected chi connectivity index (χ4v) is 3.87. The summed E-state index contributed by atoms with van der Waals surface area (Å²) in [5.41, 5.74) is 0.521.